The Morgan fingerprint density at radius 3 is 2.41 bits per heavy atom. The number of amides is 1. The summed E-state index contributed by atoms with van der Waals surface area (Å²) in [6, 6.07) is 0. The van der Waals surface area contributed by atoms with E-state index in [0.717, 1.165) is 19.3 Å². The molecular weight excluding hydrogens is 214 g/mol. The molecule has 0 saturated heterocycles. The molecule has 0 aromatic carbocycles. The molecule has 0 bridgehead atoms. The van der Waals surface area contributed by atoms with E-state index in [-0.39, 0.29) is 23.3 Å². The molecule has 2 N–H and O–H groups in total. The van der Waals surface area contributed by atoms with E-state index in [2.05, 4.69) is 33.0 Å². The number of carbonyl (C=O) groups excluding carboxylic acids is 1. The van der Waals surface area contributed by atoms with Gasteiger partial charge in [-0.05, 0) is 30.6 Å². The number of hydrogen-bond acceptors (Lipinski definition) is 2. The van der Waals surface area contributed by atoms with Crippen LogP contribution in [0.15, 0.2) is 0 Å². The van der Waals surface area contributed by atoms with Crippen molar-refractivity contribution < 1.29 is 9.90 Å². The molecule has 17 heavy (non-hydrogen) atoms. The monoisotopic (exact) mass is 241 g/mol. The Balaban J connectivity index is 2.20. The minimum absolute atomic E-state index is 0.0168. The minimum Gasteiger partial charge on any atom is -0.396 e. The number of hydrogen-bond donors (Lipinski definition) is 2. The van der Waals surface area contributed by atoms with Gasteiger partial charge in [-0.25, -0.2) is 0 Å². The Morgan fingerprint density at radius 1 is 1.41 bits per heavy atom. The Labute approximate surface area is 105 Å². The van der Waals surface area contributed by atoms with Crippen molar-refractivity contribution in [1.29, 1.82) is 0 Å². The van der Waals surface area contributed by atoms with E-state index >= 15 is 0 Å². The van der Waals surface area contributed by atoms with Crippen LogP contribution in [0.3, 0.4) is 0 Å². The van der Waals surface area contributed by atoms with Crippen molar-refractivity contribution in [2.75, 3.05) is 13.2 Å². The van der Waals surface area contributed by atoms with Crippen molar-refractivity contribution in [2.24, 2.45) is 16.7 Å². The van der Waals surface area contributed by atoms with Gasteiger partial charge in [0.05, 0.1) is 6.61 Å². The van der Waals surface area contributed by atoms with E-state index in [0.29, 0.717) is 18.9 Å². The highest BCUT2D eigenvalue weighted by Crippen LogP contribution is 2.44. The Hall–Kier alpha value is -0.570. The third kappa shape index (κ3) is 5.53. The first-order chi connectivity index (χ1) is 7.76. The molecule has 0 radical (unpaired) electrons. The lowest BCUT2D eigenvalue weighted by molar-refractivity contribution is -0.122. The first kappa shape index (κ1) is 14.5. The number of rotatable bonds is 6. The predicted octanol–water partition coefficient (Wildman–Crippen LogP) is 2.34. The Morgan fingerprint density at radius 2 is 2.00 bits per heavy atom. The molecule has 1 rings (SSSR count). The van der Waals surface area contributed by atoms with Crippen LogP contribution >= 0.6 is 0 Å². The van der Waals surface area contributed by atoms with Crippen molar-refractivity contribution in [3.05, 3.63) is 0 Å². The largest absolute Gasteiger partial charge is 0.396 e. The first-order valence-electron chi connectivity index (χ1n) is 6.64. The van der Waals surface area contributed by atoms with Gasteiger partial charge in [0.15, 0.2) is 0 Å². The zero-order chi connectivity index (χ0) is 13.1. The van der Waals surface area contributed by atoms with Gasteiger partial charge in [-0.2, -0.15) is 0 Å². The summed E-state index contributed by atoms with van der Waals surface area (Å²) < 4.78 is 0. The molecule has 1 amide bonds. The van der Waals surface area contributed by atoms with Crippen molar-refractivity contribution in [2.45, 2.75) is 53.4 Å². The second kappa shape index (κ2) is 5.38. The summed E-state index contributed by atoms with van der Waals surface area (Å²) in [5.74, 6) is 0.542. The standard InChI is InChI=1S/C14H27NO2/c1-11(8-13(2,3)4)7-12(17)15-9-14(10-16)5-6-14/h11,16H,5-10H2,1-4H3,(H,15,17). The smallest absolute Gasteiger partial charge is 0.220 e. The fraction of sp³-hybridized carbons (Fsp3) is 0.929. The molecule has 0 heterocycles. The molecule has 1 saturated carbocycles. The van der Waals surface area contributed by atoms with Crippen molar-refractivity contribution >= 4 is 5.91 Å². The highest BCUT2D eigenvalue weighted by molar-refractivity contribution is 5.76. The van der Waals surface area contributed by atoms with Crippen LogP contribution in [0.4, 0.5) is 0 Å². The zero-order valence-corrected chi connectivity index (χ0v) is 11.7. The molecule has 0 aromatic rings. The van der Waals surface area contributed by atoms with Crippen LogP contribution in [0.25, 0.3) is 0 Å². The Bertz CT molecular complexity index is 264. The van der Waals surface area contributed by atoms with Gasteiger partial charge in [-0.15, -0.1) is 0 Å². The summed E-state index contributed by atoms with van der Waals surface area (Å²) in [6.07, 6.45) is 3.74. The van der Waals surface area contributed by atoms with Crippen LogP contribution < -0.4 is 5.32 Å². The molecule has 1 atom stereocenters. The van der Waals surface area contributed by atoms with Crippen LogP contribution in [-0.4, -0.2) is 24.2 Å². The van der Waals surface area contributed by atoms with E-state index in [1.807, 2.05) is 0 Å². The normalized spacial score (nSPS) is 19.8. The van der Waals surface area contributed by atoms with Gasteiger partial charge in [-0.1, -0.05) is 27.7 Å². The number of nitrogens with one attached hydrogen (secondary N) is 1. The highest BCUT2D eigenvalue weighted by Gasteiger charge is 2.42. The molecule has 3 nitrogen and oxygen atoms in total. The van der Waals surface area contributed by atoms with Crippen LogP contribution in [0.5, 0.6) is 0 Å². The fourth-order valence-electron chi connectivity index (χ4n) is 2.36. The van der Waals surface area contributed by atoms with Gasteiger partial charge in [-0.3, -0.25) is 4.79 Å². The molecule has 1 unspecified atom stereocenters. The second-order valence-corrected chi connectivity index (χ2v) is 7.01. The third-order valence-electron chi connectivity index (χ3n) is 3.45. The fourth-order valence-corrected chi connectivity index (χ4v) is 2.36. The summed E-state index contributed by atoms with van der Waals surface area (Å²) >= 11 is 0. The van der Waals surface area contributed by atoms with Crippen molar-refractivity contribution in [1.82, 2.24) is 5.32 Å². The van der Waals surface area contributed by atoms with E-state index in [4.69, 9.17) is 5.11 Å². The maximum absolute atomic E-state index is 11.7. The van der Waals surface area contributed by atoms with Crippen LogP contribution in [0, 0.1) is 16.7 Å². The van der Waals surface area contributed by atoms with E-state index in [9.17, 15) is 4.79 Å². The molecule has 0 spiro atoms. The first-order valence-corrected chi connectivity index (χ1v) is 6.64. The maximum Gasteiger partial charge on any atom is 0.220 e. The summed E-state index contributed by atoms with van der Waals surface area (Å²) in [7, 11) is 0. The van der Waals surface area contributed by atoms with Gasteiger partial charge in [0.1, 0.15) is 0 Å². The molecule has 0 aliphatic heterocycles. The maximum atomic E-state index is 11.7. The number of aliphatic hydroxyl groups excluding tert-OH is 1. The summed E-state index contributed by atoms with van der Waals surface area (Å²) in [5.41, 5.74) is 0.297. The summed E-state index contributed by atoms with van der Waals surface area (Å²) in [4.78, 5) is 11.7. The van der Waals surface area contributed by atoms with Crippen LogP contribution in [-0.2, 0) is 4.79 Å². The highest BCUT2D eigenvalue weighted by atomic mass is 16.3. The van der Waals surface area contributed by atoms with Gasteiger partial charge >= 0.3 is 0 Å². The lowest BCUT2D eigenvalue weighted by atomic mass is 9.84. The van der Waals surface area contributed by atoms with E-state index < -0.39 is 0 Å². The summed E-state index contributed by atoms with van der Waals surface area (Å²) in [6.45, 7) is 9.57. The van der Waals surface area contributed by atoms with Gasteiger partial charge in [0, 0.05) is 18.4 Å². The van der Waals surface area contributed by atoms with Crippen molar-refractivity contribution in [3.8, 4) is 0 Å². The molecular formula is C14H27NO2. The molecule has 1 aliphatic rings. The molecule has 1 fully saturated rings. The quantitative estimate of drug-likeness (QED) is 0.750. The molecule has 1 aliphatic carbocycles. The van der Waals surface area contributed by atoms with Gasteiger partial charge < -0.3 is 10.4 Å². The van der Waals surface area contributed by atoms with Gasteiger partial charge in [0.25, 0.3) is 0 Å². The van der Waals surface area contributed by atoms with Crippen LogP contribution in [0.2, 0.25) is 0 Å². The summed E-state index contributed by atoms with van der Waals surface area (Å²) in [5, 5.41) is 12.1. The number of carbonyl (C=O) groups is 1. The SMILES string of the molecule is CC(CC(=O)NCC1(CO)CC1)CC(C)(C)C. The molecule has 3 heteroatoms. The molecule has 0 aromatic heterocycles. The lowest BCUT2D eigenvalue weighted by Gasteiger charge is -2.23. The topological polar surface area (TPSA) is 49.3 Å². The van der Waals surface area contributed by atoms with E-state index in [1.165, 1.54) is 0 Å². The third-order valence-corrected chi connectivity index (χ3v) is 3.45. The zero-order valence-electron chi connectivity index (χ0n) is 11.7. The predicted molar refractivity (Wildman–Crippen MR) is 69.6 cm³/mol. The van der Waals surface area contributed by atoms with Gasteiger partial charge in [0.2, 0.25) is 5.91 Å². The average Bonchev–Trinajstić information content (AvgIpc) is 2.92. The van der Waals surface area contributed by atoms with Crippen LogP contribution in [0.1, 0.15) is 53.4 Å². The average molecular weight is 241 g/mol. The minimum atomic E-state index is 0.0168. The number of aliphatic hydroxyl groups is 1. The Kier molecular flexibility index (Phi) is 4.59. The second-order valence-electron chi connectivity index (χ2n) is 7.01. The molecule has 100 valence electrons. The lowest BCUT2D eigenvalue weighted by Crippen LogP contribution is -2.33. The van der Waals surface area contributed by atoms with Crippen molar-refractivity contribution in [3.63, 3.8) is 0 Å². The van der Waals surface area contributed by atoms with E-state index in [1.54, 1.807) is 0 Å².